The molecule has 2 nitrogen and oxygen atoms in total. The minimum absolute atomic E-state index is 0.134. The van der Waals surface area contributed by atoms with Crippen molar-refractivity contribution < 1.29 is 4.74 Å². The van der Waals surface area contributed by atoms with Gasteiger partial charge in [0.05, 0.1) is 0 Å². The van der Waals surface area contributed by atoms with Crippen molar-refractivity contribution in [2.75, 3.05) is 13.2 Å². The number of rotatable bonds is 4. The Kier molecular flexibility index (Phi) is 4.19. The van der Waals surface area contributed by atoms with Crippen molar-refractivity contribution >= 4 is 0 Å². The van der Waals surface area contributed by atoms with Crippen molar-refractivity contribution in [3.8, 4) is 0 Å². The Balaban J connectivity index is 2.29. The lowest BCUT2D eigenvalue weighted by molar-refractivity contribution is 0.0387. The van der Waals surface area contributed by atoms with Gasteiger partial charge in [0.2, 0.25) is 0 Å². The second-order valence-electron chi connectivity index (χ2n) is 5.03. The minimum Gasteiger partial charge on any atom is -0.381 e. The second-order valence-corrected chi connectivity index (χ2v) is 5.03. The van der Waals surface area contributed by atoms with Crippen LogP contribution in [0.15, 0.2) is 30.3 Å². The van der Waals surface area contributed by atoms with E-state index >= 15 is 0 Å². The van der Waals surface area contributed by atoms with Gasteiger partial charge in [0.25, 0.3) is 0 Å². The first kappa shape index (κ1) is 12.6. The topological polar surface area (TPSA) is 35.2 Å². The normalized spacial score (nSPS) is 21.1. The van der Waals surface area contributed by atoms with E-state index in [9.17, 15) is 0 Å². The zero-order chi connectivity index (χ0) is 12.1. The van der Waals surface area contributed by atoms with Gasteiger partial charge in [0.1, 0.15) is 0 Å². The predicted molar refractivity (Wildman–Crippen MR) is 71.1 cm³/mol. The van der Waals surface area contributed by atoms with E-state index in [0.717, 1.165) is 38.9 Å². The van der Waals surface area contributed by atoms with E-state index in [1.165, 1.54) is 5.56 Å². The molecule has 0 radical (unpaired) electrons. The molecule has 17 heavy (non-hydrogen) atoms. The molecule has 1 saturated heterocycles. The highest BCUT2D eigenvalue weighted by molar-refractivity contribution is 5.28. The maximum absolute atomic E-state index is 6.47. The zero-order valence-electron chi connectivity index (χ0n) is 10.7. The van der Waals surface area contributed by atoms with Gasteiger partial charge in [0.15, 0.2) is 0 Å². The summed E-state index contributed by atoms with van der Waals surface area (Å²) in [5.74, 6) is 0. The Morgan fingerprint density at radius 3 is 2.47 bits per heavy atom. The second kappa shape index (κ2) is 5.65. The monoisotopic (exact) mass is 233 g/mol. The van der Waals surface area contributed by atoms with Crippen LogP contribution >= 0.6 is 0 Å². The summed E-state index contributed by atoms with van der Waals surface area (Å²) in [6, 6.07) is 11.0. The fraction of sp³-hybridized carbons (Fsp3) is 0.600. The molecule has 0 bridgehead atoms. The molecular formula is C15H23NO. The lowest BCUT2D eigenvalue weighted by Crippen LogP contribution is -2.49. The molecule has 1 fully saturated rings. The van der Waals surface area contributed by atoms with Gasteiger partial charge in [-0.1, -0.05) is 43.7 Å². The summed E-state index contributed by atoms with van der Waals surface area (Å²) in [5.41, 5.74) is 8.00. The molecule has 2 N–H and O–H groups in total. The summed E-state index contributed by atoms with van der Waals surface area (Å²) in [5, 5.41) is 0. The van der Waals surface area contributed by atoms with Crippen LogP contribution in [-0.4, -0.2) is 19.3 Å². The molecule has 0 saturated carbocycles. The first-order valence-electron chi connectivity index (χ1n) is 6.68. The largest absolute Gasteiger partial charge is 0.381 e. The summed E-state index contributed by atoms with van der Waals surface area (Å²) in [4.78, 5) is 0. The molecule has 0 spiro atoms. The van der Waals surface area contributed by atoms with Crippen LogP contribution in [0.2, 0.25) is 0 Å². The SMILES string of the molecule is CCCC(N)C1(c2ccccc2)CCOCC1. The Morgan fingerprint density at radius 2 is 1.88 bits per heavy atom. The third-order valence-corrected chi connectivity index (χ3v) is 4.04. The third-order valence-electron chi connectivity index (χ3n) is 4.04. The minimum atomic E-state index is 0.134. The number of nitrogens with two attached hydrogens (primary N) is 1. The van der Waals surface area contributed by atoms with Crippen LogP contribution in [0.25, 0.3) is 0 Å². The first-order chi connectivity index (χ1) is 8.29. The molecule has 1 heterocycles. The van der Waals surface area contributed by atoms with E-state index < -0.39 is 0 Å². The summed E-state index contributed by atoms with van der Waals surface area (Å²) >= 11 is 0. The summed E-state index contributed by atoms with van der Waals surface area (Å²) < 4.78 is 5.52. The van der Waals surface area contributed by atoms with E-state index in [4.69, 9.17) is 10.5 Å². The third kappa shape index (κ3) is 2.53. The molecule has 1 unspecified atom stereocenters. The van der Waals surface area contributed by atoms with Crippen LogP contribution in [0.1, 0.15) is 38.2 Å². The molecule has 2 rings (SSSR count). The molecule has 0 aromatic heterocycles. The van der Waals surface area contributed by atoms with Gasteiger partial charge in [0, 0.05) is 24.7 Å². The van der Waals surface area contributed by atoms with Crippen molar-refractivity contribution in [3.63, 3.8) is 0 Å². The molecule has 1 aliphatic heterocycles. The van der Waals surface area contributed by atoms with Gasteiger partial charge in [-0.25, -0.2) is 0 Å². The summed E-state index contributed by atoms with van der Waals surface area (Å²) in [6.45, 7) is 3.89. The molecule has 1 aliphatic rings. The predicted octanol–water partition coefficient (Wildman–Crippen LogP) is 2.86. The Labute approximate surface area is 104 Å². The zero-order valence-corrected chi connectivity index (χ0v) is 10.7. The molecule has 1 atom stereocenters. The van der Waals surface area contributed by atoms with E-state index in [0.29, 0.717) is 0 Å². The fourth-order valence-corrected chi connectivity index (χ4v) is 2.97. The smallest absolute Gasteiger partial charge is 0.0475 e. The standard InChI is InChI=1S/C15H23NO/c1-2-6-14(16)15(9-11-17-12-10-15)13-7-4-3-5-8-13/h3-5,7-8,14H,2,6,9-12,16H2,1H3. The van der Waals surface area contributed by atoms with Gasteiger partial charge in [-0.05, 0) is 24.8 Å². The molecule has 1 aromatic carbocycles. The van der Waals surface area contributed by atoms with Crippen LogP contribution in [0.5, 0.6) is 0 Å². The van der Waals surface area contributed by atoms with E-state index in [-0.39, 0.29) is 11.5 Å². The molecule has 0 amide bonds. The highest BCUT2D eigenvalue weighted by atomic mass is 16.5. The maximum Gasteiger partial charge on any atom is 0.0475 e. The Bertz CT molecular complexity index is 330. The fourth-order valence-electron chi connectivity index (χ4n) is 2.97. The highest BCUT2D eigenvalue weighted by Gasteiger charge is 2.39. The average molecular weight is 233 g/mol. The lowest BCUT2D eigenvalue weighted by Gasteiger charge is -2.42. The number of benzene rings is 1. The molecule has 94 valence electrons. The Hall–Kier alpha value is -0.860. The quantitative estimate of drug-likeness (QED) is 0.868. The molecular weight excluding hydrogens is 210 g/mol. The summed E-state index contributed by atoms with van der Waals surface area (Å²) in [7, 11) is 0. The van der Waals surface area contributed by atoms with Crippen molar-refractivity contribution in [1.29, 1.82) is 0 Å². The van der Waals surface area contributed by atoms with Crippen molar-refractivity contribution in [2.45, 2.75) is 44.1 Å². The van der Waals surface area contributed by atoms with E-state index in [1.807, 2.05) is 0 Å². The van der Waals surface area contributed by atoms with E-state index in [2.05, 4.69) is 37.3 Å². The number of ether oxygens (including phenoxy) is 1. The van der Waals surface area contributed by atoms with Crippen LogP contribution in [-0.2, 0) is 10.2 Å². The van der Waals surface area contributed by atoms with Crippen molar-refractivity contribution in [3.05, 3.63) is 35.9 Å². The van der Waals surface area contributed by atoms with Crippen molar-refractivity contribution in [2.24, 2.45) is 5.73 Å². The molecule has 2 heteroatoms. The molecule has 1 aromatic rings. The highest BCUT2D eigenvalue weighted by Crippen LogP contribution is 2.38. The van der Waals surface area contributed by atoms with Crippen LogP contribution in [0.3, 0.4) is 0 Å². The number of hydrogen-bond acceptors (Lipinski definition) is 2. The maximum atomic E-state index is 6.47. The average Bonchev–Trinajstić information content (AvgIpc) is 2.41. The Morgan fingerprint density at radius 1 is 1.24 bits per heavy atom. The van der Waals surface area contributed by atoms with E-state index in [1.54, 1.807) is 0 Å². The van der Waals surface area contributed by atoms with Crippen LogP contribution < -0.4 is 5.73 Å². The van der Waals surface area contributed by atoms with Crippen molar-refractivity contribution in [1.82, 2.24) is 0 Å². The van der Waals surface area contributed by atoms with Crippen LogP contribution in [0.4, 0.5) is 0 Å². The van der Waals surface area contributed by atoms with Gasteiger partial charge in [-0.3, -0.25) is 0 Å². The van der Waals surface area contributed by atoms with Gasteiger partial charge < -0.3 is 10.5 Å². The number of hydrogen-bond donors (Lipinski definition) is 1. The van der Waals surface area contributed by atoms with Gasteiger partial charge in [-0.15, -0.1) is 0 Å². The van der Waals surface area contributed by atoms with Crippen LogP contribution in [0, 0.1) is 0 Å². The van der Waals surface area contributed by atoms with Gasteiger partial charge in [-0.2, -0.15) is 0 Å². The van der Waals surface area contributed by atoms with Gasteiger partial charge >= 0.3 is 0 Å². The summed E-state index contributed by atoms with van der Waals surface area (Å²) in [6.07, 6.45) is 4.35. The first-order valence-corrected chi connectivity index (χ1v) is 6.68. The molecule has 0 aliphatic carbocycles. The lowest BCUT2D eigenvalue weighted by atomic mass is 9.68.